The molecule has 1 nitrogen and oxygen atoms in total. The average molecular weight is 168 g/mol. The molecule has 0 aliphatic rings. The van der Waals surface area contributed by atoms with Gasteiger partial charge in [-0.25, -0.2) is 4.98 Å². The second kappa shape index (κ2) is 2.67. The van der Waals surface area contributed by atoms with Crippen LogP contribution in [0.1, 0.15) is 5.69 Å². The summed E-state index contributed by atoms with van der Waals surface area (Å²) < 4.78 is 0.694. The third kappa shape index (κ3) is 1.13. The van der Waals surface area contributed by atoms with E-state index in [2.05, 4.69) is 4.98 Å². The Hall–Kier alpha value is 0.210. The molecule has 44 valence electrons. The Morgan fingerprint density at radius 1 is 1.75 bits per heavy atom. The monoisotopic (exact) mass is 167 g/mol. The van der Waals surface area contributed by atoms with Gasteiger partial charge in [-0.1, -0.05) is 11.6 Å². The molecule has 0 unspecified atom stereocenters. The van der Waals surface area contributed by atoms with E-state index in [1.54, 1.807) is 5.51 Å². The Kier molecular flexibility index (Phi) is 2.11. The molecule has 8 heavy (non-hydrogen) atoms. The second-order valence-corrected chi connectivity index (χ2v) is 2.93. The van der Waals surface area contributed by atoms with Crippen molar-refractivity contribution in [2.24, 2.45) is 0 Å². The molecule has 0 spiro atoms. The highest BCUT2D eigenvalue weighted by Crippen LogP contribution is 2.20. The van der Waals surface area contributed by atoms with Gasteiger partial charge in [0.2, 0.25) is 0 Å². The number of hydrogen-bond acceptors (Lipinski definition) is 2. The normalized spacial score (nSPS) is 9.75. The molecule has 0 aliphatic heterocycles. The fraction of sp³-hybridized carbons (Fsp3) is 0.250. The molecule has 0 fully saturated rings. The minimum absolute atomic E-state index is 0.405. The Labute approximate surface area is 61.3 Å². The maximum Gasteiger partial charge on any atom is 0.117 e. The number of nitrogens with zero attached hydrogens (tertiary/aromatic N) is 1. The van der Waals surface area contributed by atoms with Crippen LogP contribution < -0.4 is 0 Å². The van der Waals surface area contributed by atoms with Crippen molar-refractivity contribution < 1.29 is 0 Å². The minimum Gasteiger partial charge on any atom is -0.247 e. The predicted octanol–water partition coefficient (Wildman–Crippen LogP) is 2.54. The summed E-state index contributed by atoms with van der Waals surface area (Å²) >= 11 is 12.4. The van der Waals surface area contributed by atoms with Crippen LogP contribution in [-0.4, -0.2) is 4.98 Å². The van der Waals surface area contributed by atoms with E-state index in [0.29, 0.717) is 10.2 Å². The molecule has 0 bridgehead atoms. The summed E-state index contributed by atoms with van der Waals surface area (Å²) in [7, 11) is 0. The van der Waals surface area contributed by atoms with Crippen LogP contribution in [0.3, 0.4) is 0 Å². The second-order valence-electron chi connectivity index (χ2n) is 1.21. The van der Waals surface area contributed by atoms with Crippen molar-refractivity contribution in [3.8, 4) is 0 Å². The third-order valence-electron chi connectivity index (χ3n) is 0.718. The van der Waals surface area contributed by atoms with E-state index >= 15 is 0 Å². The average Bonchev–Trinajstić information content (AvgIpc) is 2.14. The van der Waals surface area contributed by atoms with Gasteiger partial charge >= 0.3 is 0 Å². The lowest BCUT2D eigenvalue weighted by molar-refractivity contribution is 1.23. The lowest BCUT2D eigenvalue weighted by Gasteiger charge is -1.81. The van der Waals surface area contributed by atoms with E-state index in [1.165, 1.54) is 11.3 Å². The summed E-state index contributed by atoms with van der Waals surface area (Å²) in [5.41, 5.74) is 2.46. The van der Waals surface area contributed by atoms with Crippen LogP contribution in [0.5, 0.6) is 0 Å². The van der Waals surface area contributed by atoms with Crippen LogP contribution in [0.2, 0.25) is 4.34 Å². The molecular formula is C4H3Cl2NS. The van der Waals surface area contributed by atoms with Crippen LogP contribution in [0.4, 0.5) is 0 Å². The van der Waals surface area contributed by atoms with E-state index in [4.69, 9.17) is 23.2 Å². The van der Waals surface area contributed by atoms with Gasteiger partial charge in [-0.15, -0.1) is 22.9 Å². The maximum atomic E-state index is 5.61. The molecule has 0 saturated carbocycles. The predicted molar refractivity (Wildman–Crippen MR) is 36.7 cm³/mol. The molecular weight excluding hydrogens is 165 g/mol. The highest BCUT2D eigenvalue weighted by molar-refractivity contribution is 7.14. The summed E-state index contributed by atoms with van der Waals surface area (Å²) in [4.78, 5) is 3.89. The van der Waals surface area contributed by atoms with Gasteiger partial charge in [0, 0.05) is 0 Å². The Morgan fingerprint density at radius 2 is 2.50 bits per heavy atom. The van der Waals surface area contributed by atoms with Crippen LogP contribution in [0, 0.1) is 0 Å². The van der Waals surface area contributed by atoms with Crippen molar-refractivity contribution >= 4 is 34.5 Å². The van der Waals surface area contributed by atoms with Crippen molar-refractivity contribution in [1.82, 2.24) is 4.98 Å². The van der Waals surface area contributed by atoms with Crippen LogP contribution in [-0.2, 0) is 5.88 Å². The van der Waals surface area contributed by atoms with E-state index < -0.39 is 0 Å². The van der Waals surface area contributed by atoms with Gasteiger partial charge in [0.05, 0.1) is 17.1 Å². The first-order valence-electron chi connectivity index (χ1n) is 1.98. The molecule has 4 heteroatoms. The quantitative estimate of drug-likeness (QED) is 0.587. The standard InChI is InChI=1S/C4H3Cl2NS/c5-1-3-4(6)8-2-7-3/h2H,1H2. The number of alkyl halides is 1. The van der Waals surface area contributed by atoms with E-state index in [-0.39, 0.29) is 0 Å². The van der Waals surface area contributed by atoms with Crippen molar-refractivity contribution in [3.05, 3.63) is 15.5 Å². The summed E-state index contributed by atoms with van der Waals surface area (Å²) in [6, 6.07) is 0. The Morgan fingerprint density at radius 3 is 2.75 bits per heavy atom. The molecule has 1 rings (SSSR count). The minimum atomic E-state index is 0.405. The first-order valence-corrected chi connectivity index (χ1v) is 3.77. The van der Waals surface area contributed by atoms with Gasteiger partial charge in [-0.3, -0.25) is 0 Å². The van der Waals surface area contributed by atoms with Gasteiger partial charge in [0.1, 0.15) is 4.34 Å². The fourth-order valence-electron chi connectivity index (χ4n) is 0.342. The Balaban J connectivity index is 2.92. The molecule has 0 aromatic carbocycles. The topological polar surface area (TPSA) is 12.9 Å². The number of halogens is 2. The first-order chi connectivity index (χ1) is 3.84. The van der Waals surface area contributed by atoms with Gasteiger partial charge in [0.25, 0.3) is 0 Å². The van der Waals surface area contributed by atoms with Crippen LogP contribution in [0.25, 0.3) is 0 Å². The zero-order chi connectivity index (χ0) is 5.98. The maximum absolute atomic E-state index is 5.61. The molecule has 0 atom stereocenters. The fourth-order valence-corrected chi connectivity index (χ4v) is 1.46. The lowest BCUT2D eigenvalue weighted by Crippen LogP contribution is -1.73. The van der Waals surface area contributed by atoms with Crippen molar-refractivity contribution in [2.75, 3.05) is 0 Å². The van der Waals surface area contributed by atoms with Crippen LogP contribution >= 0.6 is 34.5 Å². The van der Waals surface area contributed by atoms with Gasteiger partial charge in [0.15, 0.2) is 0 Å². The first kappa shape index (κ1) is 6.33. The van der Waals surface area contributed by atoms with Crippen LogP contribution in [0.15, 0.2) is 5.51 Å². The van der Waals surface area contributed by atoms with Crippen molar-refractivity contribution in [3.63, 3.8) is 0 Å². The van der Waals surface area contributed by atoms with E-state index in [0.717, 1.165) is 5.69 Å². The third-order valence-corrected chi connectivity index (χ3v) is 2.11. The molecule has 0 aliphatic carbocycles. The number of thiazole rings is 1. The highest BCUT2D eigenvalue weighted by Gasteiger charge is 1.98. The molecule has 0 saturated heterocycles. The largest absolute Gasteiger partial charge is 0.247 e. The number of rotatable bonds is 1. The summed E-state index contributed by atoms with van der Waals surface area (Å²) in [6.07, 6.45) is 0. The summed E-state index contributed by atoms with van der Waals surface area (Å²) in [6.45, 7) is 0. The molecule has 1 aromatic rings. The van der Waals surface area contributed by atoms with E-state index in [9.17, 15) is 0 Å². The van der Waals surface area contributed by atoms with E-state index in [1.807, 2.05) is 0 Å². The van der Waals surface area contributed by atoms with Crippen molar-refractivity contribution in [1.29, 1.82) is 0 Å². The zero-order valence-electron chi connectivity index (χ0n) is 3.90. The zero-order valence-corrected chi connectivity index (χ0v) is 6.22. The molecule has 1 aromatic heterocycles. The lowest BCUT2D eigenvalue weighted by atomic mass is 10.6. The summed E-state index contributed by atoms with van der Waals surface area (Å²) in [5, 5.41) is 0. The highest BCUT2D eigenvalue weighted by atomic mass is 35.5. The van der Waals surface area contributed by atoms with Crippen molar-refractivity contribution in [2.45, 2.75) is 5.88 Å². The smallest absolute Gasteiger partial charge is 0.117 e. The molecule has 0 radical (unpaired) electrons. The molecule has 0 N–H and O–H groups in total. The SMILES string of the molecule is ClCc1ncsc1Cl. The molecule has 0 amide bonds. The summed E-state index contributed by atoms with van der Waals surface area (Å²) in [5.74, 6) is 0.405. The number of hydrogen-bond donors (Lipinski definition) is 0. The van der Waals surface area contributed by atoms with Gasteiger partial charge in [-0.05, 0) is 0 Å². The Bertz CT molecular complexity index is 174. The molecule has 1 heterocycles. The van der Waals surface area contributed by atoms with Gasteiger partial charge in [-0.2, -0.15) is 0 Å². The number of aromatic nitrogens is 1. The van der Waals surface area contributed by atoms with Gasteiger partial charge < -0.3 is 0 Å².